The zero-order valence-corrected chi connectivity index (χ0v) is 14.9. The minimum atomic E-state index is -4.72. The smallest absolute Gasteiger partial charge is 0.361 e. The molecule has 0 saturated heterocycles. The Labute approximate surface area is 162 Å². The van der Waals surface area contributed by atoms with Gasteiger partial charge in [-0.25, -0.2) is 4.68 Å². The van der Waals surface area contributed by atoms with Crippen molar-refractivity contribution in [2.75, 3.05) is 0 Å². The van der Waals surface area contributed by atoms with Gasteiger partial charge in [-0.2, -0.15) is 18.3 Å². The van der Waals surface area contributed by atoms with Crippen LogP contribution in [0.4, 0.5) is 13.2 Å². The van der Waals surface area contributed by atoms with Crippen molar-refractivity contribution in [2.24, 2.45) is 0 Å². The van der Waals surface area contributed by atoms with E-state index in [0.717, 1.165) is 4.68 Å². The van der Waals surface area contributed by atoms with Crippen LogP contribution >= 0.6 is 0 Å². The number of nitrogens with one attached hydrogen (secondary N) is 2. The highest BCUT2D eigenvalue weighted by atomic mass is 19.4. The number of H-pyrrole nitrogens is 1. The van der Waals surface area contributed by atoms with Crippen molar-refractivity contribution in [3.05, 3.63) is 76.8 Å². The number of halogens is 3. The number of rotatable bonds is 4. The first-order valence-electron chi connectivity index (χ1n) is 8.71. The zero-order chi connectivity index (χ0) is 20.6. The lowest BCUT2D eigenvalue weighted by atomic mass is 10.1. The van der Waals surface area contributed by atoms with Gasteiger partial charge in [0.15, 0.2) is 6.04 Å². The van der Waals surface area contributed by atoms with E-state index < -0.39 is 30.2 Å². The molecule has 0 fully saturated rings. The fraction of sp³-hybridized carbons (Fsp3) is 0.150. The van der Waals surface area contributed by atoms with Gasteiger partial charge in [0.2, 0.25) is 5.91 Å². The SMILES string of the molecule is O=C(Cn1ncc2ccccc2c1=O)NC(c1c[nH]c2ccccc12)C(F)(F)F. The van der Waals surface area contributed by atoms with Crippen LogP contribution in [-0.2, 0) is 11.3 Å². The Balaban J connectivity index is 1.63. The largest absolute Gasteiger partial charge is 0.412 e. The van der Waals surface area contributed by atoms with E-state index in [0.29, 0.717) is 21.7 Å². The lowest BCUT2D eigenvalue weighted by molar-refractivity contribution is -0.163. The van der Waals surface area contributed by atoms with E-state index in [2.05, 4.69) is 10.1 Å². The second kappa shape index (κ2) is 7.08. The first-order valence-corrected chi connectivity index (χ1v) is 8.71. The van der Waals surface area contributed by atoms with Crippen LogP contribution in [0.3, 0.4) is 0 Å². The number of amides is 1. The van der Waals surface area contributed by atoms with Gasteiger partial charge in [-0.1, -0.05) is 36.4 Å². The number of para-hydroxylation sites is 1. The molecular formula is C20H15F3N4O2. The summed E-state index contributed by atoms with van der Waals surface area (Å²) in [4.78, 5) is 27.6. The number of aromatic amines is 1. The number of nitrogens with zero attached hydrogens (tertiary/aromatic N) is 2. The summed E-state index contributed by atoms with van der Waals surface area (Å²) < 4.78 is 41.9. The average Bonchev–Trinajstić information content (AvgIpc) is 3.11. The van der Waals surface area contributed by atoms with Crippen LogP contribution in [0.25, 0.3) is 21.7 Å². The maximum absolute atomic E-state index is 13.7. The molecule has 1 unspecified atom stereocenters. The third-order valence-electron chi connectivity index (χ3n) is 4.62. The molecule has 29 heavy (non-hydrogen) atoms. The van der Waals surface area contributed by atoms with E-state index in [1.54, 1.807) is 48.5 Å². The Bertz CT molecular complexity index is 1260. The highest BCUT2D eigenvalue weighted by Crippen LogP contribution is 2.36. The lowest BCUT2D eigenvalue weighted by Crippen LogP contribution is -2.41. The van der Waals surface area contributed by atoms with Crippen LogP contribution in [0.2, 0.25) is 0 Å². The van der Waals surface area contributed by atoms with Crippen LogP contribution in [0, 0.1) is 0 Å². The van der Waals surface area contributed by atoms with Gasteiger partial charge in [0, 0.05) is 28.0 Å². The average molecular weight is 400 g/mol. The number of carbonyl (C=O) groups is 1. The summed E-state index contributed by atoms with van der Waals surface area (Å²) in [6.45, 7) is -0.626. The number of fused-ring (bicyclic) bond motifs is 2. The monoisotopic (exact) mass is 400 g/mol. The molecule has 2 aromatic carbocycles. The fourth-order valence-corrected chi connectivity index (χ4v) is 3.25. The maximum atomic E-state index is 13.7. The molecule has 0 spiro atoms. The second-order valence-corrected chi connectivity index (χ2v) is 6.53. The number of hydrogen-bond acceptors (Lipinski definition) is 3. The summed E-state index contributed by atoms with van der Waals surface area (Å²) in [5, 5.41) is 7.15. The Morgan fingerprint density at radius 2 is 1.79 bits per heavy atom. The first kappa shape index (κ1) is 18.7. The normalized spacial score (nSPS) is 12.9. The highest BCUT2D eigenvalue weighted by Gasteiger charge is 2.43. The van der Waals surface area contributed by atoms with Crippen molar-refractivity contribution in [1.82, 2.24) is 20.1 Å². The molecule has 148 valence electrons. The Kier molecular flexibility index (Phi) is 4.57. The maximum Gasteiger partial charge on any atom is 0.412 e. The van der Waals surface area contributed by atoms with E-state index in [9.17, 15) is 22.8 Å². The molecule has 0 saturated carbocycles. The lowest BCUT2D eigenvalue weighted by Gasteiger charge is -2.21. The Hall–Kier alpha value is -3.62. The van der Waals surface area contributed by atoms with E-state index in [1.807, 2.05) is 5.32 Å². The molecule has 0 aliphatic carbocycles. The van der Waals surface area contributed by atoms with Gasteiger partial charge in [-0.15, -0.1) is 0 Å². The summed E-state index contributed by atoms with van der Waals surface area (Å²) >= 11 is 0. The summed E-state index contributed by atoms with van der Waals surface area (Å²) in [6, 6.07) is 10.9. The zero-order valence-electron chi connectivity index (χ0n) is 14.9. The van der Waals surface area contributed by atoms with Gasteiger partial charge in [0.1, 0.15) is 6.54 Å². The molecule has 2 N–H and O–H groups in total. The molecule has 2 aromatic heterocycles. The summed E-state index contributed by atoms with van der Waals surface area (Å²) in [7, 11) is 0. The van der Waals surface area contributed by atoms with Gasteiger partial charge in [-0.05, 0) is 12.1 Å². The van der Waals surface area contributed by atoms with Crippen molar-refractivity contribution in [1.29, 1.82) is 0 Å². The van der Waals surface area contributed by atoms with Gasteiger partial charge in [-0.3, -0.25) is 9.59 Å². The minimum absolute atomic E-state index is 0.0970. The summed E-state index contributed by atoms with van der Waals surface area (Å²) in [6.07, 6.45) is -2.10. The summed E-state index contributed by atoms with van der Waals surface area (Å²) in [5.41, 5.74) is -0.118. The molecule has 1 amide bonds. The quantitative estimate of drug-likeness (QED) is 0.552. The van der Waals surface area contributed by atoms with Crippen LogP contribution in [-0.4, -0.2) is 26.8 Å². The molecule has 9 heteroatoms. The van der Waals surface area contributed by atoms with Crippen LogP contribution in [0.15, 0.2) is 65.7 Å². The highest BCUT2D eigenvalue weighted by molar-refractivity contribution is 5.85. The molecule has 6 nitrogen and oxygen atoms in total. The number of carbonyl (C=O) groups excluding carboxylic acids is 1. The summed E-state index contributed by atoms with van der Waals surface area (Å²) in [5.74, 6) is -0.970. The number of benzene rings is 2. The molecule has 1 atom stereocenters. The third kappa shape index (κ3) is 3.58. The van der Waals surface area contributed by atoms with Crippen molar-refractivity contribution in [2.45, 2.75) is 18.8 Å². The van der Waals surface area contributed by atoms with Crippen molar-refractivity contribution in [3.63, 3.8) is 0 Å². The minimum Gasteiger partial charge on any atom is -0.361 e. The Morgan fingerprint density at radius 3 is 2.55 bits per heavy atom. The molecule has 0 aliphatic heterocycles. The van der Waals surface area contributed by atoms with E-state index in [4.69, 9.17) is 0 Å². The predicted molar refractivity (Wildman–Crippen MR) is 101 cm³/mol. The molecule has 4 rings (SSSR count). The van der Waals surface area contributed by atoms with Crippen molar-refractivity contribution >= 4 is 27.6 Å². The molecule has 0 radical (unpaired) electrons. The van der Waals surface area contributed by atoms with Crippen molar-refractivity contribution < 1.29 is 18.0 Å². The van der Waals surface area contributed by atoms with Gasteiger partial charge < -0.3 is 10.3 Å². The number of aromatic nitrogens is 3. The fourth-order valence-electron chi connectivity index (χ4n) is 3.25. The topological polar surface area (TPSA) is 79.8 Å². The van der Waals surface area contributed by atoms with Crippen LogP contribution in [0.5, 0.6) is 0 Å². The number of hydrogen-bond donors (Lipinski definition) is 2. The van der Waals surface area contributed by atoms with Gasteiger partial charge in [0.25, 0.3) is 5.56 Å². The predicted octanol–water partition coefficient (Wildman–Crippen LogP) is 3.30. The van der Waals surface area contributed by atoms with Gasteiger partial charge >= 0.3 is 6.18 Å². The second-order valence-electron chi connectivity index (χ2n) is 6.53. The van der Waals surface area contributed by atoms with E-state index in [-0.39, 0.29) is 5.56 Å². The Morgan fingerprint density at radius 1 is 1.10 bits per heavy atom. The molecule has 0 bridgehead atoms. The third-order valence-corrected chi connectivity index (χ3v) is 4.62. The molecule has 0 aliphatic rings. The first-order chi connectivity index (χ1) is 13.8. The van der Waals surface area contributed by atoms with Gasteiger partial charge in [0.05, 0.1) is 11.6 Å². The number of alkyl halides is 3. The van der Waals surface area contributed by atoms with Crippen LogP contribution < -0.4 is 10.9 Å². The molecule has 4 aromatic rings. The standard InChI is InChI=1S/C20H15F3N4O2/c21-20(22,23)18(15-10-24-16-8-4-3-7-14(15)16)26-17(28)11-27-19(29)13-6-2-1-5-12(13)9-25-27/h1-10,18,24H,11H2,(H,26,28). The molecule has 2 heterocycles. The van der Waals surface area contributed by atoms with Crippen LogP contribution in [0.1, 0.15) is 11.6 Å². The van der Waals surface area contributed by atoms with E-state index >= 15 is 0 Å². The molecular weight excluding hydrogens is 385 g/mol. The van der Waals surface area contributed by atoms with E-state index in [1.165, 1.54) is 12.4 Å². The van der Waals surface area contributed by atoms with Crippen molar-refractivity contribution in [3.8, 4) is 0 Å².